The Hall–Kier alpha value is -0.0600. The Morgan fingerprint density at radius 1 is 1.53 bits per heavy atom. The van der Waals surface area contributed by atoms with Gasteiger partial charge in [-0.05, 0) is 37.8 Å². The number of carbonyl (C=O) groups excluding carboxylic acids is 1. The van der Waals surface area contributed by atoms with E-state index in [1.54, 1.807) is 6.07 Å². The summed E-state index contributed by atoms with van der Waals surface area (Å²) in [6.45, 7) is 0.838. The van der Waals surface area contributed by atoms with Crippen LogP contribution in [-0.2, 0) is 0 Å². The normalized spacial score (nSPS) is 15.6. The van der Waals surface area contributed by atoms with Crippen molar-refractivity contribution in [3.05, 3.63) is 21.3 Å². The molecule has 0 saturated heterocycles. The van der Waals surface area contributed by atoms with Gasteiger partial charge in [0.1, 0.15) is 0 Å². The molecule has 1 aromatic rings. The number of hydrogen-bond donors (Lipinski definition) is 0. The largest absolute Gasteiger partial charge is 0.335 e. The van der Waals surface area contributed by atoms with E-state index in [4.69, 9.17) is 11.6 Å². The third kappa shape index (κ3) is 3.24. The summed E-state index contributed by atoms with van der Waals surface area (Å²) in [5.74, 6) is 0.146. The molecule has 1 aliphatic rings. The summed E-state index contributed by atoms with van der Waals surface area (Å²) in [6.07, 6.45) is 4.54. The molecule has 1 saturated carbocycles. The van der Waals surface area contributed by atoms with Gasteiger partial charge in [0.05, 0.1) is 9.21 Å². The van der Waals surface area contributed by atoms with Crippen LogP contribution in [0.3, 0.4) is 0 Å². The highest BCUT2D eigenvalue weighted by Crippen LogP contribution is 2.29. The van der Waals surface area contributed by atoms with E-state index in [0.717, 1.165) is 36.0 Å². The molecular formula is C12H15BrClNOS. The molecule has 1 fully saturated rings. The number of nitrogens with zero attached hydrogens (tertiary/aromatic N) is 1. The van der Waals surface area contributed by atoms with E-state index in [2.05, 4.69) is 15.9 Å². The third-order valence-corrected chi connectivity index (χ3v) is 4.87. The van der Waals surface area contributed by atoms with Crippen LogP contribution in [0.25, 0.3) is 0 Å². The van der Waals surface area contributed by atoms with Gasteiger partial charge in [-0.15, -0.1) is 11.3 Å². The second-order valence-electron chi connectivity index (χ2n) is 4.23. The summed E-state index contributed by atoms with van der Waals surface area (Å²) in [6, 6.07) is 4.07. The standard InChI is InChI=1S/C12H15BrClNOS/c13-7-2-8-15(9-3-1-4-9)12(16)10-5-6-11(14)17-10/h5-6,9H,1-4,7-8H2. The van der Waals surface area contributed by atoms with Gasteiger partial charge in [-0.2, -0.15) is 0 Å². The molecule has 1 heterocycles. The monoisotopic (exact) mass is 335 g/mol. The van der Waals surface area contributed by atoms with E-state index < -0.39 is 0 Å². The number of halogens is 2. The Labute approximate surface area is 119 Å². The van der Waals surface area contributed by atoms with Gasteiger partial charge in [-0.1, -0.05) is 27.5 Å². The Balaban J connectivity index is 2.06. The topological polar surface area (TPSA) is 20.3 Å². The quantitative estimate of drug-likeness (QED) is 0.739. The maximum Gasteiger partial charge on any atom is 0.264 e. The van der Waals surface area contributed by atoms with E-state index in [-0.39, 0.29) is 5.91 Å². The minimum Gasteiger partial charge on any atom is -0.335 e. The van der Waals surface area contributed by atoms with Gasteiger partial charge in [-0.3, -0.25) is 4.79 Å². The van der Waals surface area contributed by atoms with E-state index in [9.17, 15) is 4.79 Å². The zero-order chi connectivity index (χ0) is 12.3. The molecule has 0 atom stereocenters. The highest BCUT2D eigenvalue weighted by Gasteiger charge is 2.29. The lowest BCUT2D eigenvalue weighted by Gasteiger charge is -2.37. The summed E-state index contributed by atoms with van der Waals surface area (Å²) in [7, 11) is 0. The van der Waals surface area contributed by atoms with E-state index in [1.165, 1.54) is 17.8 Å². The van der Waals surface area contributed by atoms with Gasteiger partial charge < -0.3 is 4.90 Å². The lowest BCUT2D eigenvalue weighted by atomic mass is 9.91. The van der Waals surface area contributed by atoms with Crippen LogP contribution in [0, 0.1) is 0 Å². The van der Waals surface area contributed by atoms with Gasteiger partial charge in [0.15, 0.2) is 0 Å². The molecule has 17 heavy (non-hydrogen) atoms. The van der Waals surface area contributed by atoms with Crippen molar-refractivity contribution in [1.82, 2.24) is 4.90 Å². The van der Waals surface area contributed by atoms with Crippen LogP contribution in [0.5, 0.6) is 0 Å². The summed E-state index contributed by atoms with van der Waals surface area (Å²) in [5.41, 5.74) is 0. The minimum atomic E-state index is 0.146. The fourth-order valence-corrected chi connectivity index (χ4v) is 3.20. The summed E-state index contributed by atoms with van der Waals surface area (Å²) in [5, 5.41) is 0.939. The zero-order valence-corrected chi connectivity index (χ0v) is 12.7. The smallest absolute Gasteiger partial charge is 0.264 e. The lowest BCUT2D eigenvalue weighted by Crippen LogP contribution is -2.44. The average Bonchev–Trinajstić information content (AvgIpc) is 2.67. The average molecular weight is 337 g/mol. The molecule has 94 valence electrons. The summed E-state index contributed by atoms with van der Waals surface area (Å²) in [4.78, 5) is 15.1. The van der Waals surface area contributed by atoms with E-state index in [1.807, 2.05) is 11.0 Å². The zero-order valence-electron chi connectivity index (χ0n) is 9.49. The van der Waals surface area contributed by atoms with Crippen LogP contribution in [0.15, 0.2) is 12.1 Å². The molecule has 0 unspecified atom stereocenters. The first-order valence-electron chi connectivity index (χ1n) is 5.84. The molecular weight excluding hydrogens is 322 g/mol. The van der Waals surface area contributed by atoms with Crippen LogP contribution in [0.4, 0.5) is 0 Å². The van der Waals surface area contributed by atoms with E-state index >= 15 is 0 Å². The first-order chi connectivity index (χ1) is 8.22. The van der Waals surface area contributed by atoms with Gasteiger partial charge >= 0.3 is 0 Å². The summed E-state index contributed by atoms with van der Waals surface area (Å²) >= 11 is 10.7. The van der Waals surface area contributed by atoms with Gasteiger partial charge in [-0.25, -0.2) is 0 Å². The van der Waals surface area contributed by atoms with Crippen LogP contribution >= 0.6 is 38.9 Å². The predicted molar refractivity (Wildman–Crippen MR) is 76.4 cm³/mol. The number of hydrogen-bond acceptors (Lipinski definition) is 2. The predicted octanol–water partition coefficient (Wildman–Crippen LogP) is 4.18. The van der Waals surface area contributed by atoms with Crippen LogP contribution in [-0.4, -0.2) is 28.7 Å². The molecule has 0 radical (unpaired) electrons. The lowest BCUT2D eigenvalue weighted by molar-refractivity contribution is 0.0586. The third-order valence-electron chi connectivity index (χ3n) is 3.09. The second kappa shape index (κ2) is 6.21. The number of alkyl halides is 1. The Kier molecular flexibility index (Phi) is 4.88. The SMILES string of the molecule is O=C(c1ccc(Cl)s1)N(CCCBr)C1CCC1. The van der Waals surface area contributed by atoms with Crippen molar-refractivity contribution in [3.8, 4) is 0 Å². The molecule has 0 N–H and O–H groups in total. The van der Waals surface area contributed by atoms with Crippen molar-refractivity contribution in [1.29, 1.82) is 0 Å². The Bertz CT molecular complexity index is 392. The second-order valence-corrected chi connectivity index (χ2v) is 6.74. The molecule has 2 rings (SSSR count). The van der Waals surface area contributed by atoms with Crippen molar-refractivity contribution >= 4 is 44.8 Å². The number of amides is 1. The number of carbonyl (C=O) groups is 1. The molecule has 0 aliphatic heterocycles. The van der Waals surface area contributed by atoms with Gasteiger partial charge in [0.25, 0.3) is 5.91 Å². The van der Waals surface area contributed by atoms with Gasteiger partial charge in [0.2, 0.25) is 0 Å². The fraction of sp³-hybridized carbons (Fsp3) is 0.583. The molecule has 1 aromatic heterocycles. The maximum atomic E-state index is 12.4. The first kappa shape index (κ1) is 13.4. The van der Waals surface area contributed by atoms with E-state index in [0.29, 0.717) is 10.4 Å². The molecule has 0 spiro atoms. The Morgan fingerprint density at radius 3 is 2.76 bits per heavy atom. The molecule has 5 heteroatoms. The van der Waals surface area contributed by atoms with Crippen molar-refractivity contribution < 1.29 is 4.79 Å². The van der Waals surface area contributed by atoms with Crippen molar-refractivity contribution in [2.75, 3.05) is 11.9 Å². The molecule has 2 nitrogen and oxygen atoms in total. The molecule has 1 amide bonds. The Morgan fingerprint density at radius 2 is 2.29 bits per heavy atom. The van der Waals surface area contributed by atoms with Crippen LogP contribution in [0.2, 0.25) is 4.34 Å². The molecule has 0 bridgehead atoms. The van der Waals surface area contributed by atoms with Gasteiger partial charge in [0, 0.05) is 17.9 Å². The number of thiophene rings is 1. The summed E-state index contributed by atoms with van der Waals surface area (Å²) < 4.78 is 0.683. The first-order valence-corrected chi connectivity index (χ1v) is 8.16. The molecule has 0 aromatic carbocycles. The van der Waals surface area contributed by atoms with Crippen molar-refractivity contribution in [2.24, 2.45) is 0 Å². The van der Waals surface area contributed by atoms with Crippen LogP contribution < -0.4 is 0 Å². The van der Waals surface area contributed by atoms with Crippen LogP contribution in [0.1, 0.15) is 35.4 Å². The maximum absolute atomic E-state index is 12.4. The fourth-order valence-electron chi connectivity index (χ4n) is 1.95. The highest BCUT2D eigenvalue weighted by molar-refractivity contribution is 9.09. The van der Waals surface area contributed by atoms with Crippen molar-refractivity contribution in [2.45, 2.75) is 31.7 Å². The highest BCUT2D eigenvalue weighted by atomic mass is 79.9. The molecule has 1 aliphatic carbocycles. The number of rotatable bonds is 5. The minimum absolute atomic E-state index is 0.146. The van der Waals surface area contributed by atoms with Crippen molar-refractivity contribution in [3.63, 3.8) is 0 Å².